The Morgan fingerprint density at radius 2 is 2.54 bits per heavy atom. The van der Waals surface area contributed by atoms with Crippen molar-refractivity contribution >= 4 is 34.2 Å². The van der Waals surface area contributed by atoms with Gasteiger partial charge in [0.1, 0.15) is 0 Å². The van der Waals surface area contributed by atoms with Crippen molar-refractivity contribution < 1.29 is 0 Å². The van der Waals surface area contributed by atoms with Gasteiger partial charge in [-0.25, -0.2) is 4.68 Å². The lowest BCUT2D eigenvalue weighted by Crippen LogP contribution is -2.22. The average molecular weight is 311 g/mol. The third-order valence-electron chi connectivity index (χ3n) is 1.42. The fourth-order valence-electron chi connectivity index (χ4n) is 0.801. The third kappa shape index (κ3) is 3.11. The minimum absolute atomic E-state index is 0.107. The number of hydrogen-bond acceptors (Lipinski definition) is 2. The van der Waals surface area contributed by atoms with Gasteiger partial charge in [0.05, 0.1) is 12.7 Å². The molecule has 0 saturated carbocycles. The van der Waals surface area contributed by atoms with E-state index in [0.29, 0.717) is 6.54 Å². The number of aromatic nitrogens is 2. The monoisotopic (exact) mass is 310 g/mol. The molecule has 70 valence electrons. The van der Waals surface area contributed by atoms with E-state index in [2.05, 4.69) is 5.10 Å². The summed E-state index contributed by atoms with van der Waals surface area (Å²) in [7, 11) is 0. The lowest BCUT2D eigenvalue weighted by atomic mass is 10.3. The van der Waals surface area contributed by atoms with E-state index in [1.807, 2.05) is 29.5 Å². The summed E-state index contributed by atoms with van der Waals surface area (Å²) < 4.78 is 2.21. The fourth-order valence-corrected chi connectivity index (χ4v) is 1.26. The second-order valence-electron chi connectivity index (χ2n) is 2.63. The van der Waals surface area contributed by atoms with Crippen molar-refractivity contribution in [3.63, 3.8) is 0 Å². The maximum Gasteiger partial charge on any atom is 0.268 e. The van der Waals surface area contributed by atoms with Crippen LogP contribution in [-0.2, 0) is 6.54 Å². The molecule has 0 saturated heterocycles. The topological polar surface area (TPSA) is 34.9 Å². The van der Waals surface area contributed by atoms with Gasteiger partial charge in [0.25, 0.3) is 5.56 Å². The van der Waals surface area contributed by atoms with E-state index in [1.165, 1.54) is 16.3 Å². The summed E-state index contributed by atoms with van der Waals surface area (Å²) in [5, 5.41) is 3.96. The van der Waals surface area contributed by atoms with Crippen molar-refractivity contribution in [3.05, 3.63) is 37.3 Å². The van der Waals surface area contributed by atoms with Crippen LogP contribution in [0.15, 0.2) is 28.2 Å². The molecule has 0 radical (unpaired) electrons. The van der Waals surface area contributed by atoms with E-state index >= 15 is 0 Å². The molecular weight excluding hydrogens is 302 g/mol. The fraction of sp³-hybridized carbons (Fsp3) is 0.250. The molecule has 1 aromatic rings. The maximum absolute atomic E-state index is 11.3. The Bertz CT molecular complexity index is 386. The van der Waals surface area contributed by atoms with Gasteiger partial charge in [0.2, 0.25) is 0 Å². The van der Waals surface area contributed by atoms with Gasteiger partial charge in [0.15, 0.2) is 0 Å². The third-order valence-corrected chi connectivity index (χ3v) is 2.38. The average Bonchev–Trinajstić information content (AvgIpc) is 2.09. The van der Waals surface area contributed by atoms with Crippen LogP contribution in [0, 0.1) is 3.57 Å². The zero-order valence-corrected chi connectivity index (χ0v) is 9.91. The van der Waals surface area contributed by atoms with Crippen molar-refractivity contribution in [2.24, 2.45) is 0 Å². The van der Waals surface area contributed by atoms with Crippen LogP contribution in [-0.4, -0.2) is 9.78 Å². The van der Waals surface area contributed by atoms with Gasteiger partial charge in [-0.2, -0.15) is 5.10 Å². The smallest absolute Gasteiger partial charge is 0.268 e. The maximum atomic E-state index is 11.3. The largest absolute Gasteiger partial charge is 0.268 e. The van der Waals surface area contributed by atoms with Crippen molar-refractivity contribution in [1.82, 2.24) is 9.78 Å². The SMILES string of the molecule is C/C(=C\Cl)Cn1ncc(I)cc1=O. The van der Waals surface area contributed by atoms with E-state index in [4.69, 9.17) is 11.6 Å². The summed E-state index contributed by atoms with van der Waals surface area (Å²) in [6.45, 7) is 2.29. The van der Waals surface area contributed by atoms with Crippen LogP contribution >= 0.6 is 34.2 Å². The molecule has 1 heterocycles. The Balaban J connectivity index is 2.97. The minimum atomic E-state index is -0.107. The molecule has 0 unspecified atom stereocenters. The molecule has 0 bridgehead atoms. The van der Waals surface area contributed by atoms with Crippen molar-refractivity contribution in [2.75, 3.05) is 0 Å². The molecule has 0 aliphatic carbocycles. The van der Waals surface area contributed by atoms with Crippen LogP contribution in [0.1, 0.15) is 6.92 Å². The Kier molecular flexibility index (Phi) is 3.92. The number of nitrogens with zero attached hydrogens (tertiary/aromatic N) is 2. The van der Waals surface area contributed by atoms with Crippen molar-refractivity contribution in [3.8, 4) is 0 Å². The molecule has 0 atom stereocenters. The van der Waals surface area contributed by atoms with Crippen LogP contribution in [0.4, 0.5) is 0 Å². The molecule has 3 nitrogen and oxygen atoms in total. The second-order valence-corrected chi connectivity index (χ2v) is 4.09. The highest BCUT2D eigenvalue weighted by Gasteiger charge is 1.98. The van der Waals surface area contributed by atoms with E-state index in [-0.39, 0.29) is 5.56 Å². The van der Waals surface area contributed by atoms with Crippen molar-refractivity contribution in [1.29, 1.82) is 0 Å². The Morgan fingerprint density at radius 3 is 3.08 bits per heavy atom. The summed E-state index contributed by atoms with van der Waals surface area (Å²) >= 11 is 7.53. The zero-order chi connectivity index (χ0) is 9.84. The highest BCUT2D eigenvalue weighted by molar-refractivity contribution is 14.1. The zero-order valence-electron chi connectivity index (χ0n) is 7.00. The molecule has 5 heteroatoms. The molecular formula is C8H8ClIN2O. The Labute approximate surface area is 94.5 Å². The first kappa shape index (κ1) is 10.7. The number of rotatable bonds is 2. The summed E-state index contributed by atoms with van der Waals surface area (Å²) in [4.78, 5) is 11.3. The molecule has 1 rings (SSSR count). The molecule has 0 fully saturated rings. The van der Waals surface area contributed by atoms with Gasteiger partial charge in [0, 0.05) is 15.2 Å². The normalized spacial score (nSPS) is 11.8. The predicted octanol–water partition coefficient (Wildman–Crippen LogP) is 1.99. The summed E-state index contributed by atoms with van der Waals surface area (Å²) in [5.74, 6) is 0. The molecule has 0 amide bonds. The van der Waals surface area contributed by atoms with Gasteiger partial charge in [-0.15, -0.1) is 0 Å². The Morgan fingerprint density at radius 1 is 1.85 bits per heavy atom. The second kappa shape index (κ2) is 4.76. The van der Waals surface area contributed by atoms with Crippen LogP contribution in [0.3, 0.4) is 0 Å². The van der Waals surface area contributed by atoms with E-state index < -0.39 is 0 Å². The molecule has 0 aliphatic rings. The minimum Gasteiger partial charge on any atom is -0.268 e. The van der Waals surface area contributed by atoms with Gasteiger partial charge in [-0.1, -0.05) is 11.6 Å². The lowest BCUT2D eigenvalue weighted by molar-refractivity contribution is 0.629. The summed E-state index contributed by atoms with van der Waals surface area (Å²) in [5.41, 5.74) is 2.24. The summed E-state index contributed by atoms with van der Waals surface area (Å²) in [6.07, 6.45) is 1.64. The quantitative estimate of drug-likeness (QED) is 0.783. The number of hydrogen-bond donors (Lipinski definition) is 0. The number of allylic oxidation sites excluding steroid dienone is 1. The molecule has 0 N–H and O–H groups in total. The highest BCUT2D eigenvalue weighted by Crippen LogP contribution is 1.99. The van der Waals surface area contributed by atoms with Gasteiger partial charge < -0.3 is 0 Å². The first-order valence-electron chi connectivity index (χ1n) is 3.62. The standard InChI is InChI=1S/C8H8ClIN2O/c1-6(3-9)5-12-8(13)2-7(10)4-11-12/h2-4H,5H2,1H3/b6-3+. The Hall–Kier alpha value is -0.360. The van der Waals surface area contributed by atoms with E-state index in [1.54, 1.807) is 6.20 Å². The lowest BCUT2D eigenvalue weighted by Gasteiger charge is -2.02. The van der Waals surface area contributed by atoms with Crippen LogP contribution in [0.25, 0.3) is 0 Å². The van der Waals surface area contributed by atoms with Gasteiger partial charge in [-0.05, 0) is 35.1 Å². The van der Waals surface area contributed by atoms with Crippen LogP contribution in [0.5, 0.6) is 0 Å². The van der Waals surface area contributed by atoms with E-state index in [9.17, 15) is 4.79 Å². The number of halogens is 2. The summed E-state index contributed by atoms with van der Waals surface area (Å²) in [6, 6.07) is 1.54. The van der Waals surface area contributed by atoms with Crippen LogP contribution in [0.2, 0.25) is 0 Å². The van der Waals surface area contributed by atoms with E-state index in [0.717, 1.165) is 9.14 Å². The molecule has 0 aromatic carbocycles. The van der Waals surface area contributed by atoms with Gasteiger partial charge in [-0.3, -0.25) is 4.79 Å². The molecule has 0 spiro atoms. The highest BCUT2D eigenvalue weighted by atomic mass is 127. The molecule has 13 heavy (non-hydrogen) atoms. The first-order chi connectivity index (χ1) is 6.13. The molecule has 1 aromatic heterocycles. The predicted molar refractivity (Wildman–Crippen MR) is 60.8 cm³/mol. The van der Waals surface area contributed by atoms with Gasteiger partial charge >= 0.3 is 0 Å². The first-order valence-corrected chi connectivity index (χ1v) is 5.13. The van der Waals surface area contributed by atoms with Crippen molar-refractivity contribution in [2.45, 2.75) is 13.5 Å². The van der Waals surface area contributed by atoms with Crippen LogP contribution < -0.4 is 5.56 Å². The molecule has 0 aliphatic heterocycles.